The van der Waals surface area contributed by atoms with Crippen molar-refractivity contribution in [1.29, 1.82) is 0 Å². The van der Waals surface area contributed by atoms with Crippen molar-refractivity contribution in [2.45, 2.75) is 0 Å². The van der Waals surface area contributed by atoms with Crippen LogP contribution in [0, 0.1) is 0 Å². The molecule has 0 saturated heterocycles. The number of hydrogen-bond donors (Lipinski definition) is 3. The number of nitrogens with one attached hydrogen (secondary N) is 2. The van der Waals surface area contributed by atoms with E-state index in [0.717, 1.165) is 0 Å². The van der Waals surface area contributed by atoms with Crippen LogP contribution in [0.15, 0.2) is 24.8 Å². The number of carbonyl (C=O) groups excluding carboxylic acids is 1. The van der Waals surface area contributed by atoms with Gasteiger partial charge in [0.25, 0.3) is 5.91 Å². The van der Waals surface area contributed by atoms with Gasteiger partial charge in [-0.15, -0.1) is 5.10 Å². The van der Waals surface area contributed by atoms with E-state index in [9.17, 15) is 4.79 Å². The Balaban J connectivity index is 2.09. The Morgan fingerprint density at radius 1 is 1.18 bits per heavy atom. The first-order valence-electron chi connectivity index (χ1n) is 4.53. The Labute approximate surface area is 95.5 Å². The molecule has 0 fully saturated rings. The Morgan fingerprint density at radius 2 is 2.06 bits per heavy atom. The van der Waals surface area contributed by atoms with Gasteiger partial charge in [0.2, 0.25) is 5.95 Å². The van der Waals surface area contributed by atoms with Gasteiger partial charge >= 0.3 is 0 Å². The number of aromatic nitrogens is 5. The van der Waals surface area contributed by atoms with Gasteiger partial charge in [0.05, 0.1) is 24.8 Å². The minimum absolute atomic E-state index is 0.0975. The average Bonchev–Trinajstić information content (AvgIpc) is 2.40. The smallest absolute Gasteiger partial charge is 0.278 e. The van der Waals surface area contributed by atoms with E-state index in [1.54, 1.807) is 0 Å². The molecule has 0 radical (unpaired) electrons. The molecule has 9 nitrogen and oxygen atoms in total. The van der Waals surface area contributed by atoms with Crippen LogP contribution < -0.4 is 16.6 Å². The summed E-state index contributed by atoms with van der Waals surface area (Å²) in [6.45, 7) is 0. The Bertz CT molecular complexity index is 499. The molecule has 0 saturated carbocycles. The summed E-state index contributed by atoms with van der Waals surface area (Å²) in [7, 11) is 0. The first-order chi connectivity index (χ1) is 8.29. The van der Waals surface area contributed by atoms with Crippen molar-refractivity contribution >= 4 is 17.7 Å². The number of nitrogen functional groups attached to an aromatic ring is 1. The maximum absolute atomic E-state index is 11.6. The molecule has 86 valence electrons. The molecule has 0 aromatic carbocycles. The van der Waals surface area contributed by atoms with E-state index in [-0.39, 0.29) is 11.6 Å². The molecule has 2 heterocycles. The van der Waals surface area contributed by atoms with Crippen LogP contribution >= 0.6 is 0 Å². The zero-order chi connectivity index (χ0) is 12.1. The summed E-state index contributed by atoms with van der Waals surface area (Å²) in [4.78, 5) is 23.1. The van der Waals surface area contributed by atoms with Crippen LogP contribution in [0.3, 0.4) is 0 Å². The number of nitrogens with zero attached hydrogens (tertiary/aromatic N) is 5. The minimum atomic E-state index is -0.478. The highest BCUT2D eigenvalue weighted by Gasteiger charge is 2.09. The van der Waals surface area contributed by atoms with Crippen molar-refractivity contribution in [3.8, 4) is 0 Å². The van der Waals surface area contributed by atoms with Gasteiger partial charge < -0.3 is 5.43 Å². The van der Waals surface area contributed by atoms with Gasteiger partial charge in [-0.05, 0) is 0 Å². The Kier molecular flexibility index (Phi) is 3.12. The largest absolute Gasteiger partial charge is 0.307 e. The molecule has 2 rings (SSSR count). The zero-order valence-electron chi connectivity index (χ0n) is 8.53. The van der Waals surface area contributed by atoms with E-state index in [4.69, 9.17) is 5.84 Å². The summed E-state index contributed by atoms with van der Waals surface area (Å²) >= 11 is 0. The molecule has 0 aliphatic rings. The highest BCUT2D eigenvalue weighted by molar-refractivity contribution is 6.01. The predicted octanol–water partition coefficient (Wildman–Crippen LogP) is -0.801. The SMILES string of the molecule is NNc1cnc(C(=O)Nc2nccnn2)cn1. The summed E-state index contributed by atoms with van der Waals surface area (Å²) in [5, 5.41) is 9.59. The molecule has 2 aromatic rings. The number of rotatable bonds is 3. The quantitative estimate of drug-likeness (QED) is 0.463. The monoisotopic (exact) mass is 232 g/mol. The van der Waals surface area contributed by atoms with E-state index >= 15 is 0 Å². The second kappa shape index (κ2) is 4.90. The van der Waals surface area contributed by atoms with E-state index in [1.807, 2.05) is 0 Å². The fraction of sp³-hybridized carbons (Fsp3) is 0. The fourth-order valence-electron chi connectivity index (χ4n) is 0.990. The molecular formula is C8H8N8O. The fourth-order valence-corrected chi connectivity index (χ4v) is 0.990. The number of hydrazine groups is 1. The van der Waals surface area contributed by atoms with E-state index in [2.05, 4.69) is 35.9 Å². The molecule has 0 bridgehead atoms. The summed E-state index contributed by atoms with van der Waals surface area (Å²) in [6.07, 6.45) is 5.42. The molecular weight excluding hydrogens is 224 g/mol. The van der Waals surface area contributed by atoms with Gasteiger partial charge in [-0.25, -0.2) is 20.8 Å². The van der Waals surface area contributed by atoms with Crippen LogP contribution in [-0.2, 0) is 0 Å². The lowest BCUT2D eigenvalue weighted by Gasteiger charge is -2.02. The van der Waals surface area contributed by atoms with Gasteiger partial charge in [-0.1, -0.05) is 0 Å². The molecule has 0 aliphatic heterocycles. The first kappa shape index (κ1) is 10.8. The lowest BCUT2D eigenvalue weighted by atomic mass is 10.4. The lowest BCUT2D eigenvalue weighted by molar-refractivity contribution is 0.102. The molecule has 0 unspecified atom stereocenters. The van der Waals surface area contributed by atoms with Crippen LogP contribution in [0.2, 0.25) is 0 Å². The second-order valence-electron chi connectivity index (χ2n) is 2.85. The standard InChI is InChI=1S/C8H8N8O/c9-15-6-4-11-5(3-12-6)7(17)14-8-10-1-2-13-16-8/h1-4H,9H2,(H,12,15)(H,10,14,16,17). The van der Waals surface area contributed by atoms with Crippen LogP contribution in [0.5, 0.6) is 0 Å². The maximum atomic E-state index is 11.6. The zero-order valence-corrected chi connectivity index (χ0v) is 8.53. The molecule has 0 atom stereocenters. The molecule has 1 amide bonds. The van der Waals surface area contributed by atoms with Crippen molar-refractivity contribution in [2.75, 3.05) is 10.7 Å². The average molecular weight is 232 g/mol. The normalized spacial score (nSPS) is 9.71. The third kappa shape index (κ3) is 2.66. The lowest BCUT2D eigenvalue weighted by Crippen LogP contribution is -2.17. The number of hydrogen-bond acceptors (Lipinski definition) is 8. The molecule has 4 N–H and O–H groups in total. The number of amides is 1. The van der Waals surface area contributed by atoms with Crippen molar-refractivity contribution in [2.24, 2.45) is 5.84 Å². The summed E-state index contributed by atoms with van der Waals surface area (Å²) < 4.78 is 0. The topological polar surface area (TPSA) is 132 Å². The van der Waals surface area contributed by atoms with Crippen molar-refractivity contribution in [3.63, 3.8) is 0 Å². The maximum Gasteiger partial charge on any atom is 0.278 e. The second-order valence-corrected chi connectivity index (χ2v) is 2.85. The van der Waals surface area contributed by atoms with Crippen LogP contribution in [0.4, 0.5) is 11.8 Å². The van der Waals surface area contributed by atoms with Gasteiger partial charge in [-0.2, -0.15) is 5.10 Å². The van der Waals surface area contributed by atoms with Gasteiger partial charge in [-0.3, -0.25) is 10.1 Å². The van der Waals surface area contributed by atoms with Crippen molar-refractivity contribution < 1.29 is 4.79 Å². The Hall–Kier alpha value is -2.68. The summed E-state index contributed by atoms with van der Waals surface area (Å²) in [5.74, 6) is 5.10. The highest BCUT2D eigenvalue weighted by atomic mass is 16.2. The van der Waals surface area contributed by atoms with Gasteiger partial charge in [0.15, 0.2) is 5.82 Å². The minimum Gasteiger partial charge on any atom is -0.307 e. The molecule has 17 heavy (non-hydrogen) atoms. The van der Waals surface area contributed by atoms with Crippen LogP contribution in [0.25, 0.3) is 0 Å². The van der Waals surface area contributed by atoms with Crippen LogP contribution in [0.1, 0.15) is 10.5 Å². The summed E-state index contributed by atoms with van der Waals surface area (Å²) in [6, 6.07) is 0. The molecule has 0 spiro atoms. The number of carbonyl (C=O) groups is 1. The molecule has 0 aliphatic carbocycles. The highest BCUT2D eigenvalue weighted by Crippen LogP contribution is 2.01. The predicted molar refractivity (Wildman–Crippen MR) is 57.6 cm³/mol. The van der Waals surface area contributed by atoms with E-state index < -0.39 is 5.91 Å². The van der Waals surface area contributed by atoms with E-state index in [0.29, 0.717) is 5.82 Å². The number of anilines is 2. The van der Waals surface area contributed by atoms with E-state index in [1.165, 1.54) is 24.8 Å². The number of nitrogens with two attached hydrogens (primary N) is 1. The third-order valence-corrected chi connectivity index (χ3v) is 1.74. The van der Waals surface area contributed by atoms with Gasteiger partial charge in [0.1, 0.15) is 5.69 Å². The van der Waals surface area contributed by atoms with Crippen molar-refractivity contribution in [3.05, 3.63) is 30.5 Å². The third-order valence-electron chi connectivity index (χ3n) is 1.74. The molecule has 2 aromatic heterocycles. The summed E-state index contributed by atoms with van der Waals surface area (Å²) in [5.41, 5.74) is 2.42. The van der Waals surface area contributed by atoms with Gasteiger partial charge in [0, 0.05) is 0 Å². The van der Waals surface area contributed by atoms with Crippen LogP contribution in [-0.4, -0.2) is 31.1 Å². The van der Waals surface area contributed by atoms with Crippen molar-refractivity contribution in [1.82, 2.24) is 25.1 Å². The first-order valence-corrected chi connectivity index (χ1v) is 4.53. The Morgan fingerprint density at radius 3 is 2.65 bits per heavy atom. The molecule has 9 heteroatoms.